The van der Waals surface area contributed by atoms with E-state index in [1.54, 1.807) is 18.2 Å². The fraction of sp³-hybridized carbons (Fsp3) is 0.333. The third-order valence-corrected chi connectivity index (χ3v) is 5.72. The average molecular weight is 405 g/mol. The van der Waals surface area contributed by atoms with Crippen LogP contribution in [0.4, 0.5) is 5.69 Å². The van der Waals surface area contributed by atoms with Gasteiger partial charge in [-0.05, 0) is 55.8 Å². The Hall–Kier alpha value is -3.12. The van der Waals surface area contributed by atoms with Gasteiger partial charge in [-0.1, -0.05) is 30.3 Å². The van der Waals surface area contributed by atoms with Crippen molar-refractivity contribution in [3.8, 4) is 0 Å². The van der Waals surface area contributed by atoms with Gasteiger partial charge in [-0.15, -0.1) is 0 Å². The van der Waals surface area contributed by atoms with Gasteiger partial charge in [0.05, 0.1) is 6.04 Å². The van der Waals surface area contributed by atoms with E-state index >= 15 is 0 Å². The van der Waals surface area contributed by atoms with E-state index in [-0.39, 0.29) is 11.6 Å². The second kappa shape index (κ2) is 8.71. The van der Waals surface area contributed by atoms with Gasteiger partial charge in [0.15, 0.2) is 0 Å². The number of nitrogens with zero attached hydrogens (tertiary/aromatic N) is 2. The SMILES string of the molecule is CN(C)c1ccc([C@@H](CNC(=O)c2cc3ccccc3oc2=O)N2CCCC2)cc1. The Labute approximate surface area is 176 Å². The van der Waals surface area contributed by atoms with Gasteiger partial charge in [0.2, 0.25) is 0 Å². The molecule has 2 aromatic carbocycles. The summed E-state index contributed by atoms with van der Waals surface area (Å²) in [5.41, 5.74) is 2.20. The highest BCUT2D eigenvalue weighted by Crippen LogP contribution is 2.26. The van der Waals surface area contributed by atoms with Crippen LogP contribution in [-0.2, 0) is 0 Å². The molecule has 1 fully saturated rings. The van der Waals surface area contributed by atoms with Crippen molar-refractivity contribution in [2.75, 3.05) is 38.6 Å². The molecule has 0 aliphatic carbocycles. The molecule has 0 bridgehead atoms. The quantitative estimate of drug-likeness (QED) is 0.637. The van der Waals surface area contributed by atoms with E-state index in [4.69, 9.17) is 4.42 Å². The van der Waals surface area contributed by atoms with E-state index in [9.17, 15) is 9.59 Å². The first-order chi connectivity index (χ1) is 14.5. The molecule has 0 radical (unpaired) electrons. The average Bonchev–Trinajstić information content (AvgIpc) is 3.28. The second-order valence-corrected chi connectivity index (χ2v) is 7.94. The Bertz CT molecular complexity index is 1080. The van der Waals surface area contributed by atoms with E-state index in [1.807, 2.05) is 26.2 Å². The molecule has 30 heavy (non-hydrogen) atoms. The Morgan fingerprint density at radius 1 is 1.10 bits per heavy atom. The summed E-state index contributed by atoms with van der Waals surface area (Å²) < 4.78 is 5.31. The Morgan fingerprint density at radius 3 is 2.50 bits per heavy atom. The predicted molar refractivity (Wildman–Crippen MR) is 119 cm³/mol. The minimum absolute atomic E-state index is 0.0387. The van der Waals surface area contributed by atoms with Crippen LogP contribution in [0, 0.1) is 0 Å². The second-order valence-electron chi connectivity index (χ2n) is 7.94. The molecule has 0 saturated carbocycles. The summed E-state index contributed by atoms with van der Waals surface area (Å²) in [5, 5.41) is 3.70. The maximum absolute atomic E-state index is 12.8. The number of hydrogen-bond acceptors (Lipinski definition) is 5. The van der Waals surface area contributed by atoms with Crippen molar-refractivity contribution in [1.29, 1.82) is 0 Å². The zero-order valence-electron chi connectivity index (χ0n) is 17.4. The summed E-state index contributed by atoms with van der Waals surface area (Å²) in [6.45, 7) is 2.45. The van der Waals surface area contributed by atoms with Gasteiger partial charge in [0.25, 0.3) is 5.91 Å². The van der Waals surface area contributed by atoms with Crippen molar-refractivity contribution in [3.05, 3.63) is 76.1 Å². The van der Waals surface area contributed by atoms with E-state index in [0.29, 0.717) is 12.1 Å². The fourth-order valence-corrected chi connectivity index (χ4v) is 4.01. The van der Waals surface area contributed by atoms with Crippen LogP contribution in [0.15, 0.2) is 63.8 Å². The number of benzene rings is 2. The van der Waals surface area contributed by atoms with Crippen molar-refractivity contribution in [1.82, 2.24) is 10.2 Å². The highest BCUT2D eigenvalue weighted by Gasteiger charge is 2.25. The predicted octanol–water partition coefficient (Wildman–Crippen LogP) is 3.43. The van der Waals surface area contributed by atoms with Crippen LogP contribution in [-0.4, -0.2) is 44.5 Å². The first kappa shape index (κ1) is 20.2. The Balaban J connectivity index is 1.54. The molecule has 0 unspecified atom stereocenters. The Morgan fingerprint density at radius 2 is 1.80 bits per heavy atom. The summed E-state index contributed by atoms with van der Waals surface area (Å²) in [6, 6.07) is 17.3. The molecular formula is C24H27N3O3. The molecule has 6 nitrogen and oxygen atoms in total. The third kappa shape index (κ3) is 4.24. The van der Waals surface area contributed by atoms with Crippen LogP contribution < -0.4 is 15.8 Å². The maximum Gasteiger partial charge on any atom is 0.349 e. The molecule has 1 aromatic heterocycles. The summed E-state index contributed by atoms with van der Waals surface area (Å²) in [5.74, 6) is -0.399. The normalized spacial score (nSPS) is 15.3. The summed E-state index contributed by atoms with van der Waals surface area (Å²) in [4.78, 5) is 29.6. The zero-order valence-corrected chi connectivity index (χ0v) is 17.4. The molecule has 1 saturated heterocycles. The molecule has 156 valence electrons. The number of carbonyl (C=O) groups is 1. The molecule has 6 heteroatoms. The molecule has 3 aromatic rings. The molecule has 1 aliphatic rings. The van der Waals surface area contributed by atoms with Gasteiger partial charge in [-0.2, -0.15) is 0 Å². The summed E-state index contributed by atoms with van der Waals surface area (Å²) >= 11 is 0. The van der Waals surface area contributed by atoms with E-state index in [0.717, 1.165) is 42.6 Å². The standard InChI is InChI=1S/C24H27N3O3/c1-26(2)19-11-9-17(10-12-19)21(27-13-5-6-14-27)16-25-23(28)20-15-18-7-3-4-8-22(18)30-24(20)29/h3-4,7-12,15,21H,5-6,13-14,16H2,1-2H3,(H,25,28)/t21-/m1/s1. The van der Waals surface area contributed by atoms with Crippen LogP contribution in [0.5, 0.6) is 0 Å². The van der Waals surface area contributed by atoms with Gasteiger partial charge in [-0.3, -0.25) is 9.69 Å². The molecule has 0 spiro atoms. The number of hydrogen-bond donors (Lipinski definition) is 1. The number of rotatable bonds is 6. The van der Waals surface area contributed by atoms with Crippen LogP contribution in [0.1, 0.15) is 34.8 Å². The number of likely N-dealkylation sites (tertiary alicyclic amines) is 1. The van der Waals surface area contributed by atoms with E-state index in [2.05, 4.69) is 39.4 Å². The Kier molecular flexibility index (Phi) is 5.86. The zero-order chi connectivity index (χ0) is 21.1. The minimum Gasteiger partial charge on any atom is -0.422 e. The lowest BCUT2D eigenvalue weighted by atomic mass is 10.0. The van der Waals surface area contributed by atoms with Crippen molar-refractivity contribution in [2.24, 2.45) is 0 Å². The third-order valence-electron chi connectivity index (χ3n) is 5.72. The maximum atomic E-state index is 12.8. The van der Waals surface area contributed by atoms with Crippen LogP contribution >= 0.6 is 0 Å². The number of amides is 1. The smallest absolute Gasteiger partial charge is 0.349 e. The van der Waals surface area contributed by atoms with Gasteiger partial charge < -0.3 is 14.6 Å². The van der Waals surface area contributed by atoms with Crippen molar-refractivity contribution in [3.63, 3.8) is 0 Å². The van der Waals surface area contributed by atoms with Gasteiger partial charge >= 0.3 is 5.63 Å². The highest BCUT2D eigenvalue weighted by atomic mass is 16.4. The number of nitrogens with one attached hydrogen (secondary N) is 1. The molecule has 1 N–H and O–H groups in total. The first-order valence-electron chi connectivity index (χ1n) is 10.4. The van der Waals surface area contributed by atoms with Crippen LogP contribution in [0.3, 0.4) is 0 Å². The van der Waals surface area contributed by atoms with Gasteiger partial charge in [0, 0.05) is 31.7 Å². The largest absolute Gasteiger partial charge is 0.422 e. The van der Waals surface area contributed by atoms with Crippen molar-refractivity contribution < 1.29 is 9.21 Å². The lowest BCUT2D eigenvalue weighted by molar-refractivity contribution is 0.0934. The van der Waals surface area contributed by atoms with Crippen LogP contribution in [0.25, 0.3) is 11.0 Å². The van der Waals surface area contributed by atoms with Crippen molar-refractivity contribution >= 4 is 22.6 Å². The molecule has 1 amide bonds. The molecular weight excluding hydrogens is 378 g/mol. The molecule has 2 heterocycles. The monoisotopic (exact) mass is 405 g/mol. The summed E-state index contributed by atoms with van der Waals surface area (Å²) in [7, 11) is 4.03. The molecule has 4 rings (SSSR count). The molecule has 1 atom stereocenters. The van der Waals surface area contributed by atoms with Crippen molar-refractivity contribution in [2.45, 2.75) is 18.9 Å². The van der Waals surface area contributed by atoms with Gasteiger partial charge in [0.1, 0.15) is 11.1 Å². The van der Waals surface area contributed by atoms with E-state index in [1.165, 1.54) is 0 Å². The topological polar surface area (TPSA) is 65.8 Å². The summed E-state index contributed by atoms with van der Waals surface area (Å²) in [6.07, 6.45) is 2.32. The number of para-hydroxylation sites is 1. The van der Waals surface area contributed by atoms with Gasteiger partial charge in [-0.25, -0.2) is 4.79 Å². The number of fused-ring (bicyclic) bond motifs is 1. The van der Waals surface area contributed by atoms with E-state index < -0.39 is 11.5 Å². The molecule has 1 aliphatic heterocycles. The minimum atomic E-state index is -0.612. The lowest BCUT2D eigenvalue weighted by Gasteiger charge is -2.28. The number of anilines is 1. The highest BCUT2D eigenvalue weighted by molar-refractivity contribution is 5.96. The first-order valence-corrected chi connectivity index (χ1v) is 10.4. The van der Waals surface area contributed by atoms with Crippen LogP contribution in [0.2, 0.25) is 0 Å². The lowest BCUT2D eigenvalue weighted by Crippen LogP contribution is -2.38. The number of carbonyl (C=O) groups excluding carboxylic acids is 1. The fourth-order valence-electron chi connectivity index (χ4n) is 4.01.